The molecule has 0 aliphatic rings. The van der Waals surface area contributed by atoms with Gasteiger partial charge in [-0.25, -0.2) is 18.1 Å². The highest BCUT2D eigenvalue weighted by Crippen LogP contribution is 2.19. The molecule has 7 heteroatoms. The zero-order chi connectivity index (χ0) is 12.9. The minimum absolute atomic E-state index is 0.0834. The molecule has 2 N–H and O–H groups in total. The van der Waals surface area contributed by atoms with E-state index in [1.807, 2.05) is 13.8 Å². The molecule has 0 saturated heterocycles. The van der Waals surface area contributed by atoms with Gasteiger partial charge in [-0.1, -0.05) is 13.8 Å². The molecule has 17 heavy (non-hydrogen) atoms. The van der Waals surface area contributed by atoms with Crippen molar-refractivity contribution in [2.45, 2.75) is 25.3 Å². The zero-order valence-electron chi connectivity index (χ0n) is 10.4. The van der Waals surface area contributed by atoms with Crippen LogP contribution >= 0.6 is 0 Å². The summed E-state index contributed by atoms with van der Waals surface area (Å²) in [6.07, 6.45) is 3.41. The van der Waals surface area contributed by atoms with E-state index in [9.17, 15) is 8.42 Å². The molecule has 0 spiro atoms. The van der Waals surface area contributed by atoms with Crippen LogP contribution in [0.25, 0.3) is 0 Å². The van der Waals surface area contributed by atoms with Gasteiger partial charge in [0.05, 0.1) is 12.5 Å². The number of ether oxygens (including phenoxy) is 1. The van der Waals surface area contributed by atoms with Crippen LogP contribution in [0.3, 0.4) is 0 Å². The maximum absolute atomic E-state index is 11.8. The van der Waals surface area contributed by atoms with Crippen molar-refractivity contribution in [1.29, 1.82) is 0 Å². The number of aromatic amines is 1. The number of nitrogens with zero attached hydrogens (tertiary/aromatic N) is 1. The van der Waals surface area contributed by atoms with E-state index in [1.54, 1.807) is 7.11 Å². The molecule has 0 amide bonds. The lowest BCUT2D eigenvalue weighted by Gasteiger charge is -2.24. The lowest BCUT2D eigenvalue weighted by Crippen LogP contribution is -2.34. The second-order valence-corrected chi connectivity index (χ2v) is 6.38. The lowest BCUT2D eigenvalue weighted by atomic mass is 9.90. The molecule has 0 atom stereocenters. The summed E-state index contributed by atoms with van der Waals surface area (Å²) in [5.74, 6) is 0. The van der Waals surface area contributed by atoms with Gasteiger partial charge in [-0.05, 0) is 11.8 Å². The Labute approximate surface area is 102 Å². The maximum Gasteiger partial charge on any atom is 0.257 e. The second-order valence-electron chi connectivity index (χ2n) is 4.65. The van der Waals surface area contributed by atoms with Gasteiger partial charge in [-0.15, -0.1) is 0 Å². The predicted molar refractivity (Wildman–Crippen MR) is 64.1 cm³/mol. The Bertz CT molecular complexity index is 426. The molecule has 0 aliphatic heterocycles. The van der Waals surface area contributed by atoms with Crippen LogP contribution in [0.15, 0.2) is 17.6 Å². The monoisotopic (exact) mass is 261 g/mol. The molecule has 1 aromatic heterocycles. The summed E-state index contributed by atoms with van der Waals surface area (Å²) >= 11 is 0. The van der Waals surface area contributed by atoms with Crippen LogP contribution in [0.5, 0.6) is 0 Å². The molecule has 0 saturated carbocycles. The summed E-state index contributed by atoms with van der Waals surface area (Å²) in [6.45, 7) is 4.94. The van der Waals surface area contributed by atoms with E-state index in [-0.39, 0.29) is 10.4 Å². The summed E-state index contributed by atoms with van der Waals surface area (Å²) in [5.41, 5.74) is -0.150. The molecule has 0 radical (unpaired) electrons. The Hall–Kier alpha value is -0.920. The standard InChI is InChI=1S/C10H19N3O3S/c1-10(2,4-5-16-3)7-13-17(14,15)9-6-11-8-12-9/h6,8,13H,4-5,7H2,1-3H3,(H,11,12). The van der Waals surface area contributed by atoms with Gasteiger partial charge in [0.2, 0.25) is 0 Å². The van der Waals surface area contributed by atoms with Crippen molar-refractivity contribution in [1.82, 2.24) is 14.7 Å². The molecule has 1 heterocycles. The third kappa shape index (κ3) is 4.45. The first kappa shape index (κ1) is 14.1. The van der Waals surface area contributed by atoms with Crippen LogP contribution in [0.4, 0.5) is 0 Å². The maximum atomic E-state index is 11.8. The van der Waals surface area contributed by atoms with Gasteiger partial charge in [0.1, 0.15) is 0 Å². The Morgan fingerprint density at radius 3 is 2.76 bits per heavy atom. The van der Waals surface area contributed by atoms with Gasteiger partial charge < -0.3 is 9.72 Å². The van der Waals surface area contributed by atoms with Crippen LogP contribution < -0.4 is 4.72 Å². The van der Waals surface area contributed by atoms with Crippen LogP contribution in [-0.4, -0.2) is 38.6 Å². The highest BCUT2D eigenvalue weighted by Gasteiger charge is 2.22. The fraction of sp³-hybridized carbons (Fsp3) is 0.700. The van der Waals surface area contributed by atoms with E-state index in [0.717, 1.165) is 6.42 Å². The van der Waals surface area contributed by atoms with Gasteiger partial charge in [0.25, 0.3) is 10.0 Å². The fourth-order valence-electron chi connectivity index (χ4n) is 1.22. The van der Waals surface area contributed by atoms with E-state index in [1.165, 1.54) is 12.5 Å². The van der Waals surface area contributed by atoms with E-state index in [4.69, 9.17) is 4.74 Å². The van der Waals surface area contributed by atoms with Crippen molar-refractivity contribution < 1.29 is 13.2 Å². The summed E-state index contributed by atoms with van der Waals surface area (Å²) in [6, 6.07) is 0. The highest BCUT2D eigenvalue weighted by molar-refractivity contribution is 7.89. The Morgan fingerprint density at radius 2 is 2.24 bits per heavy atom. The summed E-state index contributed by atoms with van der Waals surface area (Å²) in [7, 11) is -1.85. The topological polar surface area (TPSA) is 84.1 Å². The quantitative estimate of drug-likeness (QED) is 0.758. The highest BCUT2D eigenvalue weighted by atomic mass is 32.2. The fourth-order valence-corrected chi connectivity index (χ4v) is 2.37. The molecule has 0 aliphatic carbocycles. The van der Waals surface area contributed by atoms with Gasteiger partial charge >= 0.3 is 0 Å². The molecular formula is C10H19N3O3S. The second kappa shape index (κ2) is 5.61. The van der Waals surface area contributed by atoms with E-state index >= 15 is 0 Å². The van der Waals surface area contributed by atoms with Crippen molar-refractivity contribution in [3.05, 3.63) is 12.5 Å². The number of rotatable bonds is 7. The molecule has 0 aromatic carbocycles. The first-order valence-corrected chi connectivity index (χ1v) is 6.83. The Kier molecular flexibility index (Phi) is 4.67. The zero-order valence-corrected chi connectivity index (χ0v) is 11.2. The first-order chi connectivity index (χ1) is 7.87. The van der Waals surface area contributed by atoms with Gasteiger partial charge in [0.15, 0.2) is 5.03 Å². The number of methoxy groups -OCH3 is 1. The summed E-state index contributed by atoms with van der Waals surface area (Å²) in [5, 5.41) is 0.0834. The van der Waals surface area contributed by atoms with Gasteiger partial charge in [-0.3, -0.25) is 0 Å². The SMILES string of the molecule is COCCC(C)(C)CNS(=O)(=O)c1cnc[nH]1. The van der Waals surface area contributed by atoms with Crippen LogP contribution in [0.2, 0.25) is 0 Å². The first-order valence-electron chi connectivity index (χ1n) is 5.34. The van der Waals surface area contributed by atoms with Gasteiger partial charge in [-0.2, -0.15) is 0 Å². The molecule has 6 nitrogen and oxygen atoms in total. The number of hydrogen-bond acceptors (Lipinski definition) is 4. The van der Waals surface area contributed by atoms with Crippen LogP contribution in [-0.2, 0) is 14.8 Å². The summed E-state index contributed by atoms with van der Waals surface area (Å²) in [4.78, 5) is 6.26. The smallest absolute Gasteiger partial charge is 0.257 e. The third-order valence-electron chi connectivity index (χ3n) is 2.49. The van der Waals surface area contributed by atoms with Crippen molar-refractivity contribution in [3.63, 3.8) is 0 Å². The molecule has 0 unspecified atom stereocenters. The molecule has 1 rings (SSSR count). The Balaban J connectivity index is 2.56. The molecule has 0 fully saturated rings. The lowest BCUT2D eigenvalue weighted by molar-refractivity contribution is 0.153. The largest absolute Gasteiger partial charge is 0.385 e. The average molecular weight is 261 g/mol. The van der Waals surface area contributed by atoms with E-state index in [0.29, 0.717) is 13.2 Å². The minimum atomic E-state index is -3.48. The van der Waals surface area contributed by atoms with E-state index in [2.05, 4.69) is 14.7 Å². The predicted octanol–water partition coefficient (Wildman–Crippen LogP) is 0.751. The Morgan fingerprint density at radius 1 is 1.53 bits per heavy atom. The van der Waals surface area contributed by atoms with Crippen molar-refractivity contribution in [3.8, 4) is 0 Å². The van der Waals surface area contributed by atoms with Gasteiger partial charge in [0, 0.05) is 20.3 Å². The van der Waals surface area contributed by atoms with Crippen LogP contribution in [0.1, 0.15) is 20.3 Å². The molecule has 98 valence electrons. The van der Waals surface area contributed by atoms with Crippen LogP contribution in [0, 0.1) is 5.41 Å². The third-order valence-corrected chi connectivity index (χ3v) is 3.81. The van der Waals surface area contributed by atoms with Crippen molar-refractivity contribution in [2.24, 2.45) is 5.41 Å². The van der Waals surface area contributed by atoms with Crippen molar-refractivity contribution in [2.75, 3.05) is 20.3 Å². The number of hydrogen-bond donors (Lipinski definition) is 2. The normalized spacial score (nSPS) is 12.9. The number of sulfonamides is 1. The van der Waals surface area contributed by atoms with E-state index < -0.39 is 10.0 Å². The molecule has 0 bridgehead atoms. The average Bonchev–Trinajstić information content (AvgIpc) is 2.78. The van der Waals surface area contributed by atoms with Crippen molar-refractivity contribution >= 4 is 10.0 Å². The minimum Gasteiger partial charge on any atom is -0.385 e. The number of nitrogens with one attached hydrogen (secondary N) is 2. The number of imidazole rings is 1. The molecular weight excluding hydrogens is 242 g/mol. The summed E-state index contributed by atoms with van der Waals surface area (Å²) < 4.78 is 31.1. The molecule has 1 aromatic rings. The number of aromatic nitrogens is 2. The number of H-pyrrole nitrogens is 1.